The van der Waals surface area contributed by atoms with Gasteiger partial charge in [0, 0.05) is 16.1 Å². The van der Waals surface area contributed by atoms with Crippen molar-refractivity contribution in [3.05, 3.63) is 64.7 Å². The van der Waals surface area contributed by atoms with Crippen LogP contribution in [0.25, 0.3) is 0 Å². The van der Waals surface area contributed by atoms with Crippen molar-refractivity contribution in [2.24, 2.45) is 0 Å². The van der Waals surface area contributed by atoms with Crippen LogP contribution < -0.4 is 4.74 Å². The highest BCUT2D eigenvalue weighted by atomic mass is 35.5. The first kappa shape index (κ1) is 13.4. The van der Waals surface area contributed by atoms with Crippen molar-refractivity contribution in [3.63, 3.8) is 0 Å². The highest BCUT2D eigenvalue weighted by molar-refractivity contribution is 6.30. The third-order valence-electron chi connectivity index (χ3n) is 3.37. The molecule has 0 radical (unpaired) electrons. The molecule has 2 aromatic carbocycles. The van der Waals surface area contributed by atoms with Crippen LogP contribution in [0.1, 0.15) is 11.1 Å². The molecule has 1 fully saturated rings. The van der Waals surface area contributed by atoms with Crippen LogP contribution in [-0.4, -0.2) is 20.3 Å². The Morgan fingerprint density at radius 3 is 2.35 bits per heavy atom. The molecule has 1 saturated heterocycles. The second kappa shape index (κ2) is 5.44. The Morgan fingerprint density at radius 2 is 1.70 bits per heavy atom. The molecule has 2 aromatic rings. The van der Waals surface area contributed by atoms with E-state index >= 15 is 0 Å². The van der Waals surface area contributed by atoms with Gasteiger partial charge in [-0.05, 0) is 24.3 Å². The lowest BCUT2D eigenvalue weighted by Crippen LogP contribution is -2.28. The quantitative estimate of drug-likeness (QED) is 0.864. The van der Waals surface area contributed by atoms with Crippen molar-refractivity contribution >= 4 is 11.6 Å². The van der Waals surface area contributed by atoms with Gasteiger partial charge in [0.25, 0.3) is 0 Å². The maximum absolute atomic E-state index is 5.96. The van der Waals surface area contributed by atoms with E-state index in [1.807, 2.05) is 48.5 Å². The molecule has 20 heavy (non-hydrogen) atoms. The summed E-state index contributed by atoms with van der Waals surface area (Å²) in [6.07, 6.45) is 0. The molecule has 0 unspecified atom stereocenters. The first-order valence-electron chi connectivity index (χ1n) is 6.43. The third kappa shape index (κ3) is 2.29. The average Bonchev–Trinajstić information content (AvgIpc) is 2.99. The topological polar surface area (TPSA) is 27.7 Å². The molecule has 0 saturated carbocycles. The van der Waals surface area contributed by atoms with Crippen molar-refractivity contribution in [2.75, 3.05) is 20.3 Å². The Hall–Kier alpha value is -1.55. The number of ether oxygens (including phenoxy) is 3. The fourth-order valence-electron chi connectivity index (χ4n) is 2.41. The first-order valence-corrected chi connectivity index (χ1v) is 6.81. The summed E-state index contributed by atoms with van der Waals surface area (Å²) in [5.41, 5.74) is 1.84. The van der Waals surface area contributed by atoms with Crippen LogP contribution in [0.2, 0.25) is 5.02 Å². The van der Waals surface area contributed by atoms with Crippen LogP contribution in [-0.2, 0) is 15.3 Å². The number of rotatable bonds is 3. The lowest BCUT2D eigenvalue weighted by Gasteiger charge is -2.28. The minimum atomic E-state index is -0.876. The summed E-state index contributed by atoms with van der Waals surface area (Å²) in [4.78, 5) is 0. The van der Waals surface area contributed by atoms with Gasteiger partial charge in [-0.2, -0.15) is 0 Å². The van der Waals surface area contributed by atoms with Crippen LogP contribution in [0.15, 0.2) is 48.5 Å². The van der Waals surface area contributed by atoms with Crippen molar-refractivity contribution in [3.8, 4) is 5.75 Å². The van der Waals surface area contributed by atoms with Crippen molar-refractivity contribution in [1.29, 1.82) is 0 Å². The molecule has 104 valence electrons. The predicted octanol–water partition coefficient (Wildman–Crippen LogP) is 3.60. The lowest BCUT2D eigenvalue weighted by molar-refractivity contribution is -0.130. The molecule has 0 atom stereocenters. The standard InChI is InChI=1S/C16H15ClO3/c1-18-15-4-2-3-13(11-15)16(19-9-10-20-16)12-5-7-14(17)8-6-12/h2-8,11H,9-10H2,1H3. The minimum Gasteiger partial charge on any atom is -0.497 e. The molecule has 0 aromatic heterocycles. The van der Waals surface area contributed by atoms with Crippen molar-refractivity contribution in [1.82, 2.24) is 0 Å². The summed E-state index contributed by atoms with van der Waals surface area (Å²) in [6, 6.07) is 15.3. The third-order valence-corrected chi connectivity index (χ3v) is 3.62. The highest BCUT2D eigenvalue weighted by Gasteiger charge is 2.40. The van der Waals surface area contributed by atoms with E-state index in [-0.39, 0.29) is 0 Å². The molecule has 1 aliphatic heterocycles. The van der Waals surface area contributed by atoms with Gasteiger partial charge < -0.3 is 14.2 Å². The lowest BCUT2D eigenvalue weighted by atomic mass is 9.97. The fourth-order valence-corrected chi connectivity index (χ4v) is 2.54. The summed E-state index contributed by atoms with van der Waals surface area (Å²) in [6.45, 7) is 1.11. The van der Waals surface area contributed by atoms with E-state index in [9.17, 15) is 0 Å². The molecule has 0 bridgehead atoms. The van der Waals surface area contributed by atoms with E-state index in [4.69, 9.17) is 25.8 Å². The number of benzene rings is 2. The second-order valence-corrected chi connectivity index (χ2v) is 4.99. The van der Waals surface area contributed by atoms with Crippen LogP contribution in [0.5, 0.6) is 5.75 Å². The van der Waals surface area contributed by atoms with Crippen LogP contribution in [0, 0.1) is 0 Å². The Balaban J connectivity index is 2.09. The fraction of sp³-hybridized carbons (Fsp3) is 0.250. The van der Waals surface area contributed by atoms with Gasteiger partial charge in [-0.1, -0.05) is 35.9 Å². The van der Waals surface area contributed by atoms with E-state index in [1.54, 1.807) is 7.11 Å². The Kier molecular flexibility index (Phi) is 3.66. The highest BCUT2D eigenvalue weighted by Crippen LogP contribution is 2.39. The van der Waals surface area contributed by atoms with Gasteiger partial charge in [0.15, 0.2) is 0 Å². The summed E-state index contributed by atoms with van der Waals surface area (Å²) >= 11 is 5.96. The molecule has 3 nitrogen and oxygen atoms in total. The van der Waals surface area contributed by atoms with Crippen molar-refractivity contribution in [2.45, 2.75) is 5.79 Å². The molecule has 4 heteroatoms. The van der Waals surface area contributed by atoms with Crippen molar-refractivity contribution < 1.29 is 14.2 Å². The maximum atomic E-state index is 5.96. The number of methoxy groups -OCH3 is 1. The van der Waals surface area contributed by atoms with Gasteiger partial charge in [-0.15, -0.1) is 0 Å². The Labute approximate surface area is 123 Å². The number of hydrogen-bond acceptors (Lipinski definition) is 3. The molecule has 0 amide bonds. The smallest absolute Gasteiger partial charge is 0.222 e. The maximum Gasteiger partial charge on any atom is 0.222 e. The molecule has 1 heterocycles. The second-order valence-electron chi connectivity index (χ2n) is 4.55. The Morgan fingerprint density at radius 1 is 1.00 bits per heavy atom. The zero-order valence-corrected chi connectivity index (χ0v) is 11.9. The van der Waals surface area contributed by atoms with E-state index in [0.29, 0.717) is 18.2 Å². The Bertz CT molecular complexity index is 589. The normalized spacial score (nSPS) is 17.1. The SMILES string of the molecule is COc1cccc(C2(c3ccc(Cl)cc3)OCCO2)c1. The van der Waals surface area contributed by atoms with E-state index in [0.717, 1.165) is 16.9 Å². The van der Waals surface area contributed by atoms with Crippen LogP contribution >= 0.6 is 11.6 Å². The largest absolute Gasteiger partial charge is 0.497 e. The summed E-state index contributed by atoms with van der Waals surface area (Å²) < 4.78 is 17.1. The van der Waals surface area contributed by atoms with E-state index in [1.165, 1.54) is 0 Å². The van der Waals surface area contributed by atoms with E-state index < -0.39 is 5.79 Å². The minimum absolute atomic E-state index is 0.555. The van der Waals surface area contributed by atoms with Gasteiger partial charge >= 0.3 is 0 Å². The summed E-state index contributed by atoms with van der Waals surface area (Å²) in [7, 11) is 1.64. The first-order chi connectivity index (χ1) is 9.74. The van der Waals surface area contributed by atoms with Gasteiger partial charge in [-0.25, -0.2) is 0 Å². The zero-order valence-electron chi connectivity index (χ0n) is 11.1. The van der Waals surface area contributed by atoms with Gasteiger partial charge in [0.05, 0.1) is 20.3 Å². The average molecular weight is 291 g/mol. The predicted molar refractivity (Wildman–Crippen MR) is 77.1 cm³/mol. The summed E-state index contributed by atoms with van der Waals surface area (Å²) in [5.74, 6) is -0.103. The molecular weight excluding hydrogens is 276 g/mol. The van der Waals surface area contributed by atoms with E-state index in [2.05, 4.69) is 0 Å². The molecule has 0 N–H and O–H groups in total. The van der Waals surface area contributed by atoms with Crippen LogP contribution in [0.4, 0.5) is 0 Å². The molecule has 1 aliphatic rings. The zero-order chi connectivity index (χ0) is 14.0. The number of hydrogen-bond donors (Lipinski definition) is 0. The summed E-state index contributed by atoms with van der Waals surface area (Å²) in [5, 5.41) is 0.688. The number of halogens is 1. The molecule has 3 rings (SSSR count). The van der Waals surface area contributed by atoms with Crippen LogP contribution in [0.3, 0.4) is 0 Å². The molecular formula is C16H15ClO3. The molecule has 0 spiro atoms. The van der Waals surface area contributed by atoms with Gasteiger partial charge in [0.2, 0.25) is 5.79 Å². The van der Waals surface area contributed by atoms with Gasteiger partial charge in [-0.3, -0.25) is 0 Å². The molecule has 0 aliphatic carbocycles. The monoisotopic (exact) mass is 290 g/mol. The van der Waals surface area contributed by atoms with Gasteiger partial charge in [0.1, 0.15) is 5.75 Å².